The summed E-state index contributed by atoms with van der Waals surface area (Å²) in [5, 5.41) is 2.60. The molecule has 3 aromatic rings. The van der Waals surface area contributed by atoms with Gasteiger partial charge >= 0.3 is 6.18 Å². The highest BCUT2D eigenvalue weighted by Crippen LogP contribution is 2.38. The highest BCUT2D eigenvalue weighted by Gasteiger charge is 2.36. The van der Waals surface area contributed by atoms with Gasteiger partial charge in [-0.2, -0.15) is 13.2 Å². The Hall–Kier alpha value is -3.90. The smallest absolute Gasteiger partial charge is 0.378 e. The molecule has 1 aromatic heterocycles. The minimum Gasteiger partial charge on any atom is -0.378 e. The summed E-state index contributed by atoms with van der Waals surface area (Å²) in [6, 6.07) is 10.7. The fourth-order valence-corrected chi connectivity index (χ4v) is 5.52. The molecule has 0 bridgehead atoms. The number of morpholine rings is 1. The molecule has 0 saturated carbocycles. The van der Waals surface area contributed by atoms with E-state index >= 15 is 4.39 Å². The lowest BCUT2D eigenvalue weighted by Gasteiger charge is -2.44. The second kappa shape index (κ2) is 11.8. The Morgan fingerprint density at radius 3 is 2.38 bits per heavy atom. The number of alkyl halides is 3. The minimum absolute atomic E-state index is 0.0984. The quantitative estimate of drug-likeness (QED) is 0.417. The molecule has 0 aliphatic carbocycles. The van der Waals surface area contributed by atoms with E-state index in [-0.39, 0.29) is 23.3 Å². The number of rotatable bonds is 5. The van der Waals surface area contributed by atoms with Gasteiger partial charge in [-0.05, 0) is 50.7 Å². The molecule has 42 heavy (non-hydrogen) atoms. The van der Waals surface area contributed by atoms with Crippen LogP contribution in [0, 0.1) is 5.82 Å². The number of ether oxygens (including phenoxy) is 1. The molecule has 2 N–H and O–H groups in total. The summed E-state index contributed by atoms with van der Waals surface area (Å²) in [6.07, 6.45) is -4.18. The maximum absolute atomic E-state index is 15.9. The van der Waals surface area contributed by atoms with Crippen LogP contribution in [-0.4, -0.2) is 74.3 Å². The highest BCUT2D eigenvalue weighted by molar-refractivity contribution is 6.07. The summed E-state index contributed by atoms with van der Waals surface area (Å²) in [5.74, 6) is -1.60. The number of nitrogens with zero attached hydrogens (tertiary/aromatic N) is 3. The third kappa shape index (κ3) is 6.14. The maximum atomic E-state index is 15.9. The van der Waals surface area contributed by atoms with Gasteiger partial charge in [0.2, 0.25) is 5.56 Å². The number of halogens is 4. The predicted molar refractivity (Wildman–Crippen MR) is 154 cm³/mol. The number of H-pyrrole nitrogens is 1. The number of hydrogen-bond acceptors (Lipinski definition) is 6. The number of benzene rings is 2. The Kier molecular flexibility index (Phi) is 8.29. The van der Waals surface area contributed by atoms with E-state index in [9.17, 15) is 22.8 Å². The van der Waals surface area contributed by atoms with Gasteiger partial charge in [-0.15, -0.1) is 0 Å². The molecular weight excluding hydrogens is 554 g/mol. The molecule has 0 radical (unpaired) electrons. The highest BCUT2D eigenvalue weighted by atomic mass is 19.4. The Morgan fingerprint density at radius 1 is 1.02 bits per heavy atom. The SMILES string of the molecule is CC1CN(c2cc(F)c(-c3cccc(N4CCOCC4)c3)cc2NC(=O)c2c[nH]c(=O)cc2C(F)(F)F)CC(C)N1C. The van der Waals surface area contributed by atoms with Crippen molar-refractivity contribution < 1.29 is 27.1 Å². The van der Waals surface area contributed by atoms with Crippen molar-refractivity contribution in [3.8, 4) is 11.1 Å². The van der Waals surface area contributed by atoms with Crippen LogP contribution in [0.3, 0.4) is 0 Å². The second-order valence-corrected chi connectivity index (χ2v) is 10.8. The molecular formula is C30H33F4N5O3. The molecule has 224 valence electrons. The predicted octanol–water partition coefficient (Wildman–Crippen LogP) is 4.82. The van der Waals surface area contributed by atoms with Gasteiger partial charge in [0, 0.05) is 61.8 Å². The Morgan fingerprint density at radius 2 is 1.71 bits per heavy atom. The average molecular weight is 588 g/mol. The number of amides is 1. The van der Waals surface area contributed by atoms with Crippen molar-refractivity contribution in [3.05, 3.63) is 76.0 Å². The van der Waals surface area contributed by atoms with Crippen LogP contribution in [0.1, 0.15) is 29.8 Å². The minimum atomic E-state index is -4.93. The van der Waals surface area contributed by atoms with Crippen molar-refractivity contribution in [1.82, 2.24) is 9.88 Å². The number of piperazine rings is 1. The number of pyridine rings is 1. The molecule has 0 spiro atoms. The van der Waals surface area contributed by atoms with Crippen molar-refractivity contribution in [1.29, 1.82) is 0 Å². The molecule has 2 saturated heterocycles. The number of nitrogens with one attached hydrogen (secondary N) is 2. The molecule has 2 fully saturated rings. The van der Waals surface area contributed by atoms with E-state index in [2.05, 4.69) is 20.1 Å². The van der Waals surface area contributed by atoms with Gasteiger partial charge in [0.05, 0.1) is 35.7 Å². The Labute approximate surface area is 240 Å². The Bertz CT molecular complexity index is 1510. The third-order valence-electron chi connectivity index (χ3n) is 8.04. The van der Waals surface area contributed by atoms with Crippen LogP contribution in [0.25, 0.3) is 11.1 Å². The molecule has 1 amide bonds. The molecule has 2 atom stereocenters. The van der Waals surface area contributed by atoms with Crippen LogP contribution in [-0.2, 0) is 10.9 Å². The summed E-state index contributed by atoms with van der Waals surface area (Å²) >= 11 is 0. The van der Waals surface area contributed by atoms with E-state index in [1.165, 1.54) is 12.1 Å². The average Bonchev–Trinajstić information content (AvgIpc) is 2.96. The zero-order valence-electron chi connectivity index (χ0n) is 23.6. The van der Waals surface area contributed by atoms with E-state index < -0.39 is 34.6 Å². The molecule has 12 heteroatoms. The number of aromatic amines is 1. The van der Waals surface area contributed by atoms with Gasteiger partial charge in [0.1, 0.15) is 5.82 Å². The standard InChI is InChI=1S/C30H33F4N5O3/c1-18-16-39(17-19(2)37(18)3)27-14-25(31)22(20-5-4-6-21(11-20)38-7-9-42-10-8-38)12-26(27)36-29(41)23-15-35-28(40)13-24(23)30(32,33)34/h4-6,11-15,18-19H,7-10,16-17H2,1-3H3,(H,35,40)(H,36,41). The number of carbonyl (C=O) groups is 1. The first-order valence-electron chi connectivity index (χ1n) is 13.8. The van der Waals surface area contributed by atoms with E-state index in [0.29, 0.717) is 56.7 Å². The molecule has 2 aliphatic rings. The van der Waals surface area contributed by atoms with Gasteiger partial charge in [-0.25, -0.2) is 4.39 Å². The maximum Gasteiger partial charge on any atom is 0.417 e. The van der Waals surface area contributed by atoms with E-state index in [1.807, 2.05) is 44.0 Å². The molecule has 5 rings (SSSR count). The van der Waals surface area contributed by atoms with Gasteiger partial charge in [0.15, 0.2) is 0 Å². The third-order valence-corrected chi connectivity index (χ3v) is 8.04. The van der Waals surface area contributed by atoms with E-state index in [4.69, 9.17) is 4.74 Å². The van der Waals surface area contributed by atoms with Crippen molar-refractivity contribution in [3.63, 3.8) is 0 Å². The van der Waals surface area contributed by atoms with Crippen molar-refractivity contribution in [2.75, 3.05) is 61.6 Å². The van der Waals surface area contributed by atoms with E-state index in [0.717, 1.165) is 11.9 Å². The topological polar surface area (TPSA) is 80.9 Å². The molecule has 8 nitrogen and oxygen atoms in total. The first-order valence-corrected chi connectivity index (χ1v) is 13.8. The largest absolute Gasteiger partial charge is 0.417 e. The van der Waals surface area contributed by atoms with E-state index in [1.54, 1.807) is 6.07 Å². The van der Waals surface area contributed by atoms with Crippen LogP contribution >= 0.6 is 0 Å². The fraction of sp³-hybridized carbons (Fsp3) is 0.400. The summed E-state index contributed by atoms with van der Waals surface area (Å²) in [5.41, 5.74) is -0.925. The van der Waals surface area contributed by atoms with Crippen LogP contribution in [0.4, 0.5) is 34.6 Å². The van der Waals surface area contributed by atoms with Crippen molar-refractivity contribution >= 4 is 23.0 Å². The number of aromatic nitrogens is 1. The van der Waals surface area contributed by atoms with Gasteiger partial charge in [-0.3, -0.25) is 14.5 Å². The van der Waals surface area contributed by atoms with Crippen molar-refractivity contribution in [2.24, 2.45) is 0 Å². The van der Waals surface area contributed by atoms with Crippen LogP contribution < -0.4 is 20.7 Å². The monoisotopic (exact) mass is 587 g/mol. The van der Waals surface area contributed by atoms with Crippen LogP contribution in [0.15, 0.2) is 53.5 Å². The molecule has 3 heterocycles. The zero-order chi connectivity index (χ0) is 30.2. The van der Waals surface area contributed by atoms with Gasteiger partial charge in [-0.1, -0.05) is 12.1 Å². The zero-order valence-corrected chi connectivity index (χ0v) is 23.6. The Balaban J connectivity index is 1.58. The summed E-state index contributed by atoms with van der Waals surface area (Å²) in [6.45, 7) is 7.62. The molecule has 2 aliphatic heterocycles. The fourth-order valence-electron chi connectivity index (χ4n) is 5.52. The summed E-state index contributed by atoms with van der Waals surface area (Å²) < 4.78 is 62.5. The molecule has 2 aromatic carbocycles. The number of anilines is 3. The lowest BCUT2D eigenvalue weighted by Crippen LogP contribution is -2.55. The van der Waals surface area contributed by atoms with Crippen LogP contribution in [0.5, 0.6) is 0 Å². The number of hydrogen-bond donors (Lipinski definition) is 2. The summed E-state index contributed by atoms with van der Waals surface area (Å²) in [4.78, 5) is 33.4. The van der Waals surface area contributed by atoms with Crippen molar-refractivity contribution in [2.45, 2.75) is 32.1 Å². The first-order chi connectivity index (χ1) is 19.9. The normalized spacial score (nSPS) is 20.1. The first kappa shape index (κ1) is 29.6. The number of carbonyl (C=O) groups excluding carboxylic acids is 1. The lowest BCUT2D eigenvalue weighted by atomic mass is 10.0. The summed E-state index contributed by atoms with van der Waals surface area (Å²) in [7, 11) is 2.00. The van der Waals surface area contributed by atoms with Gasteiger partial charge < -0.3 is 24.8 Å². The number of likely N-dealkylation sites (N-methyl/N-ethyl adjacent to an activating group) is 1. The van der Waals surface area contributed by atoms with Crippen LogP contribution in [0.2, 0.25) is 0 Å². The van der Waals surface area contributed by atoms with Gasteiger partial charge in [0.25, 0.3) is 5.91 Å². The molecule has 2 unspecified atom stereocenters. The second-order valence-electron chi connectivity index (χ2n) is 10.8. The lowest BCUT2D eigenvalue weighted by molar-refractivity contribution is -0.138.